The zero-order valence-corrected chi connectivity index (χ0v) is 15.2. The highest BCUT2D eigenvalue weighted by molar-refractivity contribution is 6.30. The van der Waals surface area contributed by atoms with Crippen LogP contribution in [0.15, 0.2) is 36.7 Å². The van der Waals surface area contributed by atoms with Crippen molar-refractivity contribution in [1.82, 2.24) is 9.88 Å². The molecule has 0 fully saturated rings. The van der Waals surface area contributed by atoms with Crippen molar-refractivity contribution in [3.63, 3.8) is 0 Å². The van der Waals surface area contributed by atoms with Crippen LogP contribution in [0.3, 0.4) is 0 Å². The molecule has 0 bridgehead atoms. The van der Waals surface area contributed by atoms with Crippen molar-refractivity contribution < 1.29 is 18.0 Å². The third-order valence-corrected chi connectivity index (χ3v) is 3.98. The Balaban J connectivity index is 2.26. The first-order chi connectivity index (χ1) is 12.2. The first-order valence-electron chi connectivity index (χ1n) is 8.06. The van der Waals surface area contributed by atoms with Gasteiger partial charge in [0, 0.05) is 24.8 Å². The average molecular weight is 386 g/mol. The Morgan fingerprint density at radius 2 is 2.00 bits per heavy atom. The highest BCUT2D eigenvalue weighted by Gasteiger charge is 2.33. The molecule has 0 spiro atoms. The van der Waals surface area contributed by atoms with Gasteiger partial charge in [0.2, 0.25) is 0 Å². The quantitative estimate of drug-likeness (QED) is 0.727. The van der Waals surface area contributed by atoms with E-state index in [9.17, 15) is 18.0 Å². The summed E-state index contributed by atoms with van der Waals surface area (Å²) in [5.41, 5.74) is -0.460. The van der Waals surface area contributed by atoms with E-state index < -0.39 is 11.7 Å². The van der Waals surface area contributed by atoms with Crippen LogP contribution in [0, 0.1) is 0 Å². The molecular weight excluding hydrogens is 367 g/mol. The number of carbonyl (C=O) groups is 1. The number of carbonyl (C=O) groups excluding carboxylic acids is 1. The molecule has 0 saturated carbocycles. The molecule has 2 aromatic rings. The molecule has 0 radical (unpaired) electrons. The molecule has 8 heteroatoms. The lowest BCUT2D eigenvalue weighted by molar-refractivity contribution is -0.136. The van der Waals surface area contributed by atoms with Crippen LogP contribution in [0.5, 0.6) is 0 Å². The SMILES string of the molecule is CCCCN(C)C(=O)c1cncc(Nc2ccc(Cl)cc2C(F)(F)F)c1. The molecule has 1 heterocycles. The number of halogens is 4. The highest BCUT2D eigenvalue weighted by atomic mass is 35.5. The van der Waals surface area contributed by atoms with E-state index in [0.29, 0.717) is 12.1 Å². The Labute approximate surface area is 155 Å². The zero-order chi connectivity index (χ0) is 19.3. The van der Waals surface area contributed by atoms with Gasteiger partial charge in [-0.25, -0.2) is 0 Å². The lowest BCUT2D eigenvalue weighted by Crippen LogP contribution is -2.27. The highest BCUT2D eigenvalue weighted by Crippen LogP contribution is 2.37. The van der Waals surface area contributed by atoms with E-state index in [1.807, 2.05) is 6.92 Å². The second-order valence-corrected chi connectivity index (χ2v) is 6.29. The van der Waals surface area contributed by atoms with Crippen molar-refractivity contribution in [2.24, 2.45) is 0 Å². The smallest absolute Gasteiger partial charge is 0.354 e. The fraction of sp³-hybridized carbons (Fsp3) is 0.333. The van der Waals surface area contributed by atoms with Crippen LogP contribution in [0.4, 0.5) is 24.5 Å². The molecular formula is C18H19ClF3N3O. The van der Waals surface area contributed by atoms with Crippen LogP contribution >= 0.6 is 11.6 Å². The third-order valence-electron chi connectivity index (χ3n) is 3.74. The van der Waals surface area contributed by atoms with E-state index >= 15 is 0 Å². The van der Waals surface area contributed by atoms with Gasteiger partial charge < -0.3 is 10.2 Å². The maximum Gasteiger partial charge on any atom is 0.418 e. The van der Waals surface area contributed by atoms with Gasteiger partial charge in [0.25, 0.3) is 5.91 Å². The van der Waals surface area contributed by atoms with Crippen molar-refractivity contribution in [3.8, 4) is 0 Å². The van der Waals surface area contributed by atoms with E-state index in [-0.39, 0.29) is 22.3 Å². The average Bonchev–Trinajstić information content (AvgIpc) is 2.60. The molecule has 0 unspecified atom stereocenters. The standard InChI is InChI=1S/C18H19ClF3N3O/c1-3-4-7-25(2)17(26)12-8-14(11-23-10-12)24-16-6-5-13(19)9-15(16)18(20,21)22/h5-6,8-11,24H,3-4,7H2,1-2H3. The Kier molecular flexibility index (Phi) is 6.47. The van der Waals surface area contributed by atoms with Crippen LogP contribution in [-0.2, 0) is 6.18 Å². The third kappa shape index (κ3) is 5.11. The van der Waals surface area contributed by atoms with Crippen LogP contribution in [0.1, 0.15) is 35.7 Å². The number of alkyl halides is 3. The van der Waals surface area contributed by atoms with Crippen LogP contribution < -0.4 is 5.32 Å². The number of hydrogen-bond acceptors (Lipinski definition) is 3. The maximum absolute atomic E-state index is 13.2. The van der Waals surface area contributed by atoms with Gasteiger partial charge in [0.1, 0.15) is 0 Å². The number of aromatic nitrogens is 1. The van der Waals surface area contributed by atoms with E-state index in [1.54, 1.807) is 11.9 Å². The molecule has 0 saturated heterocycles. The fourth-order valence-electron chi connectivity index (χ4n) is 2.36. The zero-order valence-electron chi connectivity index (χ0n) is 14.4. The normalized spacial score (nSPS) is 11.3. The van der Waals surface area contributed by atoms with Gasteiger partial charge in [0.15, 0.2) is 0 Å². The lowest BCUT2D eigenvalue weighted by Gasteiger charge is -2.18. The molecule has 0 aliphatic rings. The summed E-state index contributed by atoms with van der Waals surface area (Å²) in [6, 6.07) is 4.94. The number of amides is 1. The number of benzene rings is 1. The van der Waals surface area contributed by atoms with Crippen molar-refractivity contribution >= 4 is 28.9 Å². The van der Waals surface area contributed by atoms with Crippen LogP contribution in [0.25, 0.3) is 0 Å². The number of anilines is 2. The lowest BCUT2D eigenvalue weighted by atomic mass is 10.1. The monoisotopic (exact) mass is 385 g/mol. The largest absolute Gasteiger partial charge is 0.418 e. The second kappa shape index (κ2) is 8.40. The van der Waals surface area contributed by atoms with Gasteiger partial charge in [-0.15, -0.1) is 0 Å². The molecule has 140 valence electrons. The van der Waals surface area contributed by atoms with E-state index in [1.165, 1.54) is 30.6 Å². The topological polar surface area (TPSA) is 45.2 Å². The van der Waals surface area contributed by atoms with Gasteiger partial charge in [-0.05, 0) is 30.7 Å². The van der Waals surface area contributed by atoms with E-state index in [2.05, 4.69) is 10.3 Å². The van der Waals surface area contributed by atoms with Crippen LogP contribution in [-0.4, -0.2) is 29.4 Å². The van der Waals surface area contributed by atoms with Crippen molar-refractivity contribution in [2.75, 3.05) is 18.9 Å². The van der Waals surface area contributed by atoms with Crippen LogP contribution in [0.2, 0.25) is 5.02 Å². The summed E-state index contributed by atoms with van der Waals surface area (Å²) in [5, 5.41) is 2.66. The summed E-state index contributed by atoms with van der Waals surface area (Å²) in [6.07, 6.45) is 0.0100. The first-order valence-corrected chi connectivity index (χ1v) is 8.44. The summed E-state index contributed by atoms with van der Waals surface area (Å²) in [6.45, 7) is 2.62. The molecule has 1 amide bonds. The molecule has 0 aliphatic carbocycles. The summed E-state index contributed by atoms with van der Waals surface area (Å²) >= 11 is 5.68. The Hall–Kier alpha value is -2.28. The Bertz CT molecular complexity index is 781. The second-order valence-electron chi connectivity index (χ2n) is 5.86. The molecule has 2 rings (SSSR count). The van der Waals surface area contributed by atoms with Gasteiger partial charge in [-0.3, -0.25) is 9.78 Å². The van der Waals surface area contributed by atoms with E-state index in [4.69, 9.17) is 11.6 Å². The predicted molar refractivity (Wildman–Crippen MR) is 95.8 cm³/mol. The molecule has 1 N–H and O–H groups in total. The number of hydrogen-bond donors (Lipinski definition) is 1. The maximum atomic E-state index is 13.2. The summed E-state index contributed by atoms with van der Waals surface area (Å²) in [4.78, 5) is 17.9. The number of nitrogens with zero attached hydrogens (tertiary/aromatic N) is 2. The molecule has 1 aromatic heterocycles. The van der Waals surface area contributed by atoms with Crippen molar-refractivity contribution in [3.05, 3.63) is 52.8 Å². The molecule has 0 atom stereocenters. The van der Waals surface area contributed by atoms with Gasteiger partial charge in [-0.1, -0.05) is 24.9 Å². The molecule has 4 nitrogen and oxygen atoms in total. The molecule has 0 aliphatic heterocycles. The van der Waals surface area contributed by atoms with Crippen molar-refractivity contribution in [2.45, 2.75) is 25.9 Å². The number of rotatable bonds is 6. The number of unbranched alkanes of at least 4 members (excludes halogenated alkanes) is 1. The summed E-state index contributed by atoms with van der Waals surface area (Å²) < 4.78 is 39.6. The predicted octanol–water partition coefficient (Wildman–Crippen LogP) is 5.37. The Morgan fingerprint density at radius 1 is 1.27 bits per heavy atom. The number of nitrogens with one attached hydrogen (secondary N) is 1. The minimum absolute atomic E-state index is 0.0116. The van der Waals surface area contributed by atoms with Gasteiger partial charge >= 0.3 is 6.18 Å². The summed E-state index contributed by atoms with van der Waals surface area (Å²) in [7, 11) is 1.68. The first kappa shape index (κ1) is 20.0. The fourth-order valence-corrected chi connectivity index (χ4v) is 2.53. The van der Waals surface area contributed by atoms with Gasteiger partial charge in [0.05, 0.1) is 28.7 Å². The minimum atomic E-state index is -4.56. The number of pyridine rings is 1. The Morgan fingerprint density at radius 3 is 2.65 bits per heavy atom. The molecule has 1 aromatic carbocycles. The van der Waals surface area contributed by atoms with Crippen molar-refractivity contribution in [1.29, 1.82) is 0 Å². The minimum Gasteiger partial charge on any atom is -0.354 e. The van der Waals surface area contributed by atoms with Gasteiger partial charge in [-0.2, -0.15) is 13.2 Å². The summed E-state index contributed by atoms with van der Waals surface area (Å²) in [5.74, 6) is -0.234. The van der Waals surface area contributed by atoms with E-state index in [0.717, 1.165) is 18.9 Å². The molecule has 26 heavy (non-hydrogen) atoms.